The van der Waals surface area contributed by atoms with Crippen molar-refractivity contribution in [3.63, 3.8) is 0 Å². The molecule has 0 saturated carbocycles. The van der Waals surface area contributed by atoms with Gasteiger partial charge in [-0.05, 0) is 12.1 Å². The highest BCUT2D eigenvalue weighted by molar-refractivity contribution is 5.91. The molecule has 1 fully saturated rings. The number of hydrogen-bond acceptors (Lipinski definition) is 6. The maximum atomic E-state index is 11.7. The molecule has 2 N–H and O–H groups in total. The van der Waals surface area contributed by atoms with Gasteiger partial charge in [-0.2, -0.15) is 0 Å². The van der Waals surface area contributed by atoms with Crippen LogP contribution in [-0.2, 0) is 9.53 Å². The second-order valence-electron chi connectivity index (χ2n) is 4.82. The van der Waals surface area contributed by atoms with Crippen molar-refractivity contribution in [3.8, 4) is 0 Å². The summed E-state index contributed by atoms with van der Waals surface area (Å²) >= 11 is 0. The molecule has 1 aliphatic heterocycles. The van der Waals surface area contributed by atoms with Crippen molar-refractivity contribution >= 4 is 17.7 Å². The summed E-state index contributed by atoms with van der Waals surface area (Å²) in [5.41, 5.74) is -0.977. The van der Waals surface area contributed by atoms with Gasteiger partial charge in [-0.3, -0.25) is 4.79 Å². The first-order valence-electron chi connectivity index (χ1n) is 6.09. The van der Waals surface area contributed by atoms with Crippen LogP contribution in [0.5, 0.6) is 0 Å². The molecule has 0 spiro atoms. The number of hydrogen-bond donors (Lipinski definition) is 2. The van der Waals surface area contributed by atoms with E-state index in [9.17, 15) is 14.7 Å². The number of carbonyl (C=O) groups excluding carboxylic acids is 1. The molecule has 1 aromatic rings. The van der Waals surface area contributed by atoms with Gasteiger partial charge in [0.2, 0.25) is 0 Å². The smallest absolute Gasteiger partial charge is 0.331 e. The molecule has 1 aliphatic rings. The number of nitrogens with zero attached hydrogens (tertiary/aromatic N) is 3. The third-order valence-electron chi connectivity index (χ3n) is 3.09. The van der Waals surface area contributed by atoms with Crippen molar-refractivity contribution in [3.05, 3.63) is 17.8 Å². The Labute approximate surface area is 115 Å². The lowest BCUT2D eigenvalue weighted by molar-refractivity contribution is -0.142. The number of carboxylic acid groups (broad SMARTS) is 1. The van der Waals surface area contributed by atoms with Crippen LogP contribution in [0.25, 0.3) is 0 Å². The van der Waals surface area contributed by atoms with Crippen LogP contribution in [0.1, 0.15) is 16.9 Å². The molecular formula is C12H16N4O4. The summed E-state index contributed by atoms with van der Waals surface area (Å²) in [7, 11) is 3.23. The van der Waals surface area contributed by atoms with Gasteiger partial charge in [0.1, 0.15) is 5.82 Å². The monoisotopic (exact) mass is 280 g/mol. The maximum absolute atomic E-state index is 11.7. The first-order chi connectivity index (χ1) is 9.44. The first kappa shape index (κ1) is 14.2. The second-order valence-corrected chi connectivity index (χ2v) is 4.82. The molecule has 2 rings (SSSR count). The summed E-state index contributed by atoms with van der Waals surface area (Å²) in [5.74, 6) is -0.959. The quantitative estimate of drug-likeness (QED) is 0.789. The summed E-state index contributed by atoms with van der Waals surface area (Å²) in [6, 6.07) is 3.04. The zero-order chi connectivity index (χ0) is 14.8. The molecule has 0 radical (unpaired) electrons. The van der Waals surface area contributed by atoms with Crippen LogP contribution >= 0.6 is 0 Å². The number of aliphatic carboxylic acids is 1. The van der Waals surface area contributed by atoms with E-state index < -0.39 is 11.5 Å². The molecule has 1 saturated heterocycles. The average molecular weight is 280 g/mol. The normalized spacial score (nSPS) is 21.5. The third kappa shape index (κ3) is 2.69. The highest BCUT2D eigenvalue weighted by Gasteiger charge is 2.43. The maximum Gasteiger partial charge on any atom is 0.331 e. The van der Waals surface area contributed by atoms with Crippen LogP contribution in [-0.4, -0.2) is 64.9 Å². The van der Waals surface area contributed by atoms with E-state index in [2.05, 4.69) is 15.5 Å². The lowest BCUT2D eigenvalue weighted by Crippen LogP contribution is -2.47. The Bertz CT molecular complexity index is 509. The molecule has 1 aromatic heterocycles. The number of carbonyl (C=O) groups is 2. The summed E-state index contributed by atoms with van der Waals surface area (Å²) in [6.45, 7) is 0.451. The van der Waals surface area contributed by atoms with Crippen molar-refractivity contribution in [2.24, 2.45) is 0 Å². The fraction of sp³-hybridized carbons (Fsp3) is 0.500. The van der Waals surface area contributed by atoms with Crippen molar-refractivity contribution in [2.75, 3.05) is 32.6 Å². The van der Waals surface area contributed by atoms with Crippen LogP contribution in [0, 0.1) is 0 Å². The Morgan fingerprint density at radius 3 is 2.60 bits per heavy atom. The standard InChI is InChI=1S/C12H16N4O4/c1-16(2)10(17)8-3-4-9(15-14-8)13-12(11(18)19)5-6-20-7-12/h3-4H,5-7H2,1-2H3,(H,13,15)(H,18,19). The molecule has 1 unspecified atom stereocenters. The Kier molecular flexibility index (Phi) is 3.84. The van der Waals surface area contributed by atoms with Gasteiger partial charge in [-0.25, -0.2) is 4.79 Å². The summed E-state index contributed by atoms with van der Waals surface area (Å²) in [6.07, 6.45) is 0.350. The lowest BCUT2D eigenvalue weighted by atomic mass is 9.99. The molecule has 0 bridgehead atoms. The molecule has 8 heteroatoms. The predicted octanol–water partition coefficient (Wildman–Crippen LogP) is -0.166. The number of rotatable bonds is 4. The minimum absolute atomic E-state index is 0.0718. The number of carboxylic acids is 1. The van der Waals surface area contributed by atoms with Gasteiger partial charge in [0.05, 0.1) is 6.61 Å². The van der Waals surface area contributed by atoms with E-state index in [0.717, 1.165) is 0 Å². The van der Waals surface area contributed by atoms with Crippen molar-refractivity contribution < 1.29 is 19.4 Å². The van der Waals surface area contributed by atoms with E-state index in [0.29, 0.717) is 18.8 Å². The number of amides is 1. The van der Waals surface area contributed by atoms with E-state index in [-0.39, 0.29) is 18.2 Å². The van der Waals surface area contributed by atoms with E-state index >= 15 is 0 Å². The highest BCUT2D eigenvalue weighted by atomic mass is 16.5. The Balaban J connectivity index is 2.14. The summed E-state index contributed by atoms with van der Waals surface area (Å²) in [4.78, 5) is 24.4. The molecule has 108 valence electrons. The molecule has 8 nitrogen and oxygen atoms in total. The van der Waals surface area contributed by atoms with Gasteiger partial charge in [0.25, 0.3) is 5.91 Å². The number of ether oxygens (including phenoxy) is 1. The van der Waals surface area contributed by atoms with Crippen molar-refractivity contribution in [2.45, 2.75) is 12.0 Å². The zero-order valence-corrected chi connectivity index (χ0v) is 11.3. The molecule has 0 aliphatic carbocycles. The van der Waals surface area contributed by atoms with E-state index in [1.807, 2.05) is 0 Å². The van der Waals surface area contributed by atoms with Crippen LogP contribution in [0.15, 0.2) is 12.1 Å². The fourth-order valence-electron chi connectivity index (χ4n) is 1.87. The number of anilines is 1. The van der Waals surface area contributed by atoms with Gasteiger partial charge in [-0.1, -0.05) is 0 Å². The molecular weight excluding hydrogens is 264 g/mol. The molecule has 0 aromatic carbocycles. The van der Waals surface area contributed by atoms with Gasteiger partial charge in [0, 0.05) is 27.1 Å². The highest BCUT2D eigenvalue weighted by Crippen LogP contribution is 2.23. The largest absolute Gasteiger partial charge is 0.479 e. The summed E-state index contributed by atoms with van der Waals surface area (Å²) < 4.78 is 5.14. The molecule has 2 heterocycles. The van der Waals surface area contributed by atoms with Crippen LogP contribution in [0.3, 0.4) is 0 Å². The topological polar surface area (TPSA) is 105 Å². The van der Waals surface area contributed by atoms with E-state index in [1.165, 1.54) is 17.0 Å². The Morgan fingerprint density at radius 1 is 1.40 bits per heavy atom. The van der Waals surface area contributed by atoms with Gasteiger partial charge in [-0.15, -0.1) is 10.2 Å². The first-order valence-corrected chi connectivity index (χ1v) is 6.09. The van der Waals surface area contributed by atoms with E-state index in [4.69, 9.17) is 4.74 Å². The fourth-order valence-corrected chi connectivity index (χ4v) is 1.87. The molecule has 1 amide bonds. The van der Waals surface area contributed by atoms with Crippen molar-refractivity contribution in [1.29, 1.82) is 0 Å². The average Bonchev–Trinajstić information content (AvgIpc) is 2.88. The van der Waals surface area contributed by atoms with Crippen LogP contribution in [0.4, 0.5) is 5.82 Å². The van der Waals surface area contributed by atoms with Crippen LogP contribution < -0.4 is 5.32 Å². The number of nitrogens with one attached hydrogen (secondary N) is 1. The van der Waals surface area contributed by atoms with Gasteiger partial charge < -0.3 is 20.1 Å². The van der Waals surface area contributed by atoms with E-state index in [1.54, 1.807) is 14.1 Å². The summed E-state index contributed by atoms with van der Waals surface area (Å²) in [5, 5.41) is 19.8. The van der Waals surface area contributed by atoms with Gasteiger partial charge in [0.15, 0.2) is 11.2 Å². The Hall–Kier alpha value is -2.22. The minimum atomic E-state index is -1.18. The zero-order valence-electron chi connectivity index (χ0n) is 11.3. The molecule has 1 atom stereocenters. The number of aromatic nitrogens is 2. The lowest BCUT2D eigenvalue weighted by Gasteiger charge is -2.23. The van der Waals surface area contributed by atoms with Crippen LogP contribution in [0.2, 0.25) is 0 Å². The SMILES string of the molecule is CN(C)C(=O)c1ccc(NC2(C(=O)O)CCOC2)nn1. The third-order valence-corrected chi connectivity index (χ3v) is 3.09. The predicted molar refractivity (Wildman–Crippen MR) is 69.5 cm³/mol. The van der Waals surface area contributed by atoms with Gasteiger partial charge >= 0.3 is 5.97 Å². The Morgan fingerprint density at radius 2 is 2.15 bits per heavy atom. The molecule has 20 heavy (non-hydrogen) atoms. The second kappa shape index (κ2) is 5.41. The minimum Gasteiger partial charge on any atom is -0.479 e. The van der Waals surface area contributed by atoms with Crippen molar-refractivity contribution in [1.82, 2.24) is 15.1 Å².